The van der Waals surface area contributed by atoms with E-state index in [4.69, 9.17) is 4.42 Å². The Labute approximate surface area is 182 Å². The lowest BCUT2D eigenvalue weighted by Gasteiger charge is -2.17. The minimum Gasteiger partial charge on any atom is -0.404 e. The van der Waals surface area contributed by atoms with Gasteiger partial charge in [-0.3, -0.25) is 4.68 Å². The van der Waals surface area contributed by atoms with Crippen LogP contribution in [0.1, 0.15) is 6.42 Å². The third kappa shape index (κ3) is 3.15. The van der Waals surface area contributed by atoms with E-state index in [0.717, 1.165) is 47.3 Å². The molecule has 0 aromatic carbocycles. The standard InChI is InChI=1S/C22H19N9O/c23-8-15(14-4-7-30(10-14)22-29-18-2-1-5-25-21(18)32-22)11-31-12-16(9-28-31)19-17-3-6-24-20(17)27-13-26-19/h1-3,5-6,9,12-15H,4,7,10-11H2,(H,24,26,27). The molecule has 0 amide bonds. The van der Waals surface area contributed by atoms with Crippen LogP contribution in [0.5, 0.6) is 0 Å². The van der Waals surface area contributed by atoms with Gasteiger partial charge in [-0.1, -0.05) is 0 Å². The maximum Gasteiger partial charge on any atom is 0.299 e. The van der Waals surface area contributed by atoms with Gasteiger partial charge in [-0.05, 0) is 30.5 Å². The van der Waals surface area contributed by atoms with Crippen LogP contribution < -0.4 is 4.90 Å². The van der Waals surface area contributed by atoms with Crippen LogP contribution in [0.3, 0.4) is 0 Å². The highest BCUT2D eigenvalue weighted by molar-refractivity contribution is 5.89. The van der Waals surface area contributed by atoms with Crippen molar-refractivity contribution >= 4 is 28.3 Å². The van der Waals surface area contributed by atoms with Gasteiger partial charge in [0, 0.05) is 42.6 Å². The van der Waals surface area contributed by atoms with Crippen molar-refractivity contribution < 1.29 is 4.42 Å². The van der Waals surface area contributed by atoms with Gasteiger partial charge in [0.25, 0.3) is 6.01 Å². The van der Waals surface area contributed by atoms with Gasteiger partial charge < -0.3 is 14.3 Å². The molecular weight excluding hydrogens is 406 g/mol. The lowest BCUT2D eigenvalue weighted by Crippen LogP contribution is -2.24. The molecule has 0 saturated carbocycles. The van der Waals surface area contributed by atoms with Crippen LogP contribution >= 0.6 is 0 Å². The fourth-order valence-corrected chi connectivity index (χ4v) is 4.37. The topological polar surface area (TPSA) is 125 Å². The van der Waals surface area contributed by atoms with Crippen LogP contribution in [0.2, 0.25) is 0 Å². The summed E-state index contributed by atoms with van der Waals surface area (Å²) in [7, 11) is 0. The second-order valence-corrected chi connectivity index (χ2v) is 7.97. The maximum absolute atomic E-state index is 9.87. The Morgan fingerprint density at radius 3 is 3.16 bits per heavy atom. The summed E-state index contributed by atoms with van der Waals surface area (Å²) in [5, 5.41) is 15.3. The number of H-pyrrole nitrogens is 1. The summed E-state index contributed by atoms with van der Waals surface area (Å²) in [6.45, 7) is 2.03. The number of nitrogens with one attached hydrogen (secondary N) is 1. The zero-order valence-electron chi connectivity index (χ0n) is 17.1. The summed E-state index contributed by atoms with van der Waals surface area (Å²) in [6.07, 6.45) is 9.70. The highest BCUT2D eigenvalue weighted by atomic mass is 16.4. The predicted octanol–water partition coefficient (Wildman–Crippen LogP) is 3.02. The van der Waals surface area contributed by atoms with Crippen molar-refractivity contribution in [3.8, 4) is 17.3 Å². The molecule has 2 atom stereocenters. The van der Waals surface area contributed by atoms with E-state index in [1.807, 2.05) is 35.3 Å². The van der Waals surface area contributed by atoms with E-state index in [1.165, 1.54) is 0 Å². The van der Waals surface area contributed by atoms with Gasteiger partial charge in [-0.15, -0.1) is 0 Å². The van der Waals surface area contributed by atoms with Gasteiger partial charge in [-0.25, -0.2) is 15.0 Å². The Morgan fingerprint density at radius 1 is 1.28 bits per heavy atom. The molecule has 0 spiro atoms. The Balaban J connectivity index is 1.18. The summed E-state index contributed by atoms with van der Waals surface area (Å²) < 4.78 is 7.63. The van der Waals surface area contributed by atoms with Crippen LogP contribution in [0, 0.1) is 23.2 Å². The zero-order chi connectivity index (χ0) is 21.5. The van der Waals surface area contributed by atoms with Gasteiger partial charge in [0.05, 0.1) is 30.4 Å². The summed E-state index contributed by atoms with van der Waals surface area (Å²) in [5.41, 5.74) is 3.80. The average molecular weight is 425 g/mol. The van der Waals surface area contributed by atoms with Gasteiger partial charge in [-0.2, -0.15) is 15.3 Å². The minimum absolute atomic E-state index is 0.173. The highest BCUT2D eigenvalue weighted by Gasteiger charge is 2.32. The van der Waals surface area contributed by atoms with Gasteiger partial charge in [0.2, 0.25) is 5.71 Å². The molecule has 1 aliphatic heterocycles. The lowest BCUT2D eigenvalue weighted by molar-refractivity contribution is 0.372. The smallest absolute Gasteiger partial charge is 0.299 e. The van der Waals surface area contributed by atoms with E-state index in [0.29, 0.717) is 18.3 Å². The van der Waals surface area contributed by atoms with Crippen LogP contribution in [-0.4, -0.2) is 47.8 Å². The number of nitrogens with zero attached hydrogens (tertiary/aromatic N) is 8. The Morgan fingerprint density at radius 2 is 2.25 bits per heavy atom. The second-order valence-electron chi connectivity index (χ2n) is 7.97. The number of pyridine rings is 1. The molecule has 10 nitrogen and oxygen atoms in total. The first-order chi connectivity index (χ1) is 15.8. The van der Waals surface area contributed by atoms with Crippen molar-refractivity contribution in [2.75, 3.05) is 18.0 Å². The monoisotopic (exact) mass is 425 g/mol. The van der Waals surface area contributed by atoms with Crippen molar-refractivity contribution in [2.24, 2.45) is 11.8 Å². The van der Waals surface area contributed by atoms with Crippen LogP contribution in [0.25, 0.3) is 33.5 Å². The Kier molecular flexibility index (Phi) is 4.31. The van der Waals surface area contributed by atoms with E-state index >= 15 is 0 Å². The Bertz CT molecular complexity index is 1410. The summed E-state index contributed by atoms with van der Waals surface area (Å²) in [5.74, 6) is 0.0268. The van der Waals surface area contributed by atoms with Crippen molar-refractivity contribution in [3.05, 3.63) is 49.3 Å². The zero-order valence-corrected chi connectivity index (χ0v) is 17.1. The number of fused-ring (bicyclic) bond motifs is 2. The molecule has 10 heteroatoms. The first-order valence-corrected chi connectivity index (χ1v) is 10.5. The van der Waals surface area contributed by atoms with Crippen molar-refractivity contribution in [3.63, 3.8) is 0 Å². The van der Waals surface area contributed by atoms with E-state index in [1.54, 1.807) is 18.7 Å². The third-order valence-corrected chi connectivity index (χ3v) is 6.03. The first-order valence-electron chi connectivity index (χ1n) is 10.5. The van der Waals surface area contributed by atoms with Gasteiger partial charge in [0.15, 0.2) is 0 Å². The summed E-state index contributed by atoms with van der Waals surface area (Å²) in [4.78, 5) is 22.6. The van der Waals surface area contributed by atoms with Crippen LogP contribution in [-0.2, 0) is 6.54 Å². The molecule has 1 fully saturated rings. The molecule has 32 heavy (non-hydrogen) atoms. The number of hydrogen-bond donors (Lipinski definition) is 1. The van der Waals surface area contributed by atoms with E-state index in [2.05, 4.69) is 41.0 Å². The van der Waals surface area contributed by atoms with E-state index < -0.39 is 0 Å². The van der Waals surface area contributed by atoms with Crippen LogP contribution in [0.4, 0.5) is 6.01 Å². The Hall–Kier alpha value is -4.26. The fourth-order valence-electron chi connectivity index (χ4n) is 4.37. The predicted molar refractivity (Wildman–Crippen MR) is 116 cm³/mol. The summed E-state index contributed by atoms with van der Waals surface area (Å²) >= 11 is 0. The van der Waals surface area contributed by atoms with Crippen molar-refractivity contribution in [2.45, 2.75) is 13.0 Å². The maximum atomic E-state index is 9.87. The molecule has 0 bridgehead atoms. The van der Waals surface area contributed by atoms with Crippen molar-refractivity contribution in [1.82, 2.24) is 34.7 Å². The fraction of sp³-hybridized carbons (Fsp3) is 0.273. The minimum atomic E-state index is -0.173. The molecule has 1 saturated heterocycles. The van der Waals surface area contributed by atoms with Crippen LogP contribution in [0.15, 0.2) is 53.7 Å². The lowest BCUT2D eigenvalue weighted by atomic mass is 9.93. The second kappa shape index (κ2) is 7.46. The molecule has 2 unspecified atom stereocenters. The molecule has 0 aliphatic carbocycles. The summed E-state index contributed by atoms with van der Waals surface area (Å²) in [6, 6.07) is 8.73. The van der Waals surface area contributed by atoms with Gasteiger partial charge >= 0.3 is 0 Å². The number of anilines is 1. The molecular formula is C22H19N9O. The molecule has 1 N–H and O–H groups in total. The van der Waals surface area contributed by atoms with Gasteiger partial charge in [0.1, 0.15) is 17.5 Å². The number of aromatic amines is 1. The quantitative estimate of drug-likeness (QED) is 0.455. The third-order valence-electron chi connectivity index (χ3n) is 6.03. The molecule has 6 rings (SSSR count). The number of rotatable bonds is 5. The number of oxazole rings is 1. The van der Waals surface area contributed by atoms with Crippen molar-refractivity contribution in [1.29, 1.82) is 5.26 Å². The highest BCUT2D eigenvalue weighted by Crippen LogP contribution is 2.31. The average Bonchev–Trinajstić information content (AvgIpc) is 3.61. The SMILES string of the molecule is N#CC(Cn1cc(-c2ncnc3[nH]ccc23)cn1)C1CCN(c2nc3cccnc3o2)C1. The number of nitriles is 1. The molecule has 158 valence electrons. The molecule has 5 aromatic rings. The molecule has 5 aromatic heterocycles. The van der Waals surface area contributed by atoms with E-state index in [-0.39, 0.29) is 11.8 Å². The van der Waals surface area contributed by atoms with E-state index in [9.17, 15) is 5.26 Å². The number of hydrogen-bond acceptors (Lipinski definition) is 8. The molecule has 6 heterocycles. The molecule has 1 aliphatic rings. The molecule has 0 radical (unpaired) electrons. The first kappa shape index (κ1) is 18.5. The largest absolute Gasteiger partial charge is 0.404 e. The normalized spacial score (nSPS) is 17.2. The number of aromatic nitrogens is 7.